The summed E-state index contributed by atoms with van der Waals surface area (Å²) in [5.41, 5.74) is 0.734. The summed E-state index contributed by atoms with van der Waals surface area (Å²) in [6.07, 6.45) is 2.57. The quantitative estimate of drug-likeness (QED) is 0.325. The molecule has 0 fully saturated rings. The van der Waals surface area contributed by atoms with E-state index in [9.17, 15) is 9.59 Å². The Hall–Kier alpha value is -1.98. The standard InChI is InChI=1S/C15H26N2O4/c1-10(8-6-7-9-14(19)21-5)16-12(3)15(20)17-11(2)13(4)18/h11-12,16,18H,1,4,6-9H2,2-3,5H3,(H,17,20)/t11-,12-/m0/s1. The summed E-state index contributed by atoms with van der Waals surface area (Å²) in [4.78, 5) is 22.8. The van der Waals surface area contributed by atoms with E-state index < -0.39 is 12.1 Å². The van der Waals surface area contributed by atoms with Crippen LogP contribution >= 0.6 is 0 Å². The molecule has 0 aromatic heterocycles. The Morgan fingerprint density at radius 3 is 2.19 bits per heavy atom. The molecule has 6 heteroatoms. The second-order valence-corrected chi connectivity index (χ2v) is 4.97. The molecule has 0 bridgehead atoms. The van der Waals surface area contributed by atoms with Gasteiger partial charge in [0.05, 0.1) is 13.2 Å². The van der Waals surface area contributed by atoms with E-state index in [1.165, 1.54) is 7.11 Å². The number of unbranched alkanes of at least 4 members (excludes halogenated alkanes) is 1. The number of carbonyl (C=O) groups excluding carboxylic acids is 2. The van der Waals surface area contributed by atoms with Gasteiger partial charge in [-0.3, -0.25) is 9.59 Å². The first-order chi connectivity index (χ1) is 9.77. The Morgan fingerprint density at radius 2 is 1.67 bits per heavy atom. The zero-order chi connectivity index (χ0) is 16.4. The van der Waals surface area contributed by atoms with Crippen LogP contribution in [0.3, 0.4) is 0 Å². The molecule has 0 aromatic carbocycles. The first kappa shape index (κ1) is 19.0. The number of esters is 1. The van der Waals surface area contributed by atoms with E-state index in [0.717, 1.165) is 18.5 Å². The fourth-order valence-electron chi connectivity index (χ4n) is 1.58. The fourth-order valence-corrected chi connectivity index (χ4v) is 1.58. The number of ether oxygens (including phenoxy) is 1. The van der Waals surface area contributed by atoms with Gasteiger partial charge in [0, 0.05) is 12.1 Å². The highest BCUT2D eigenvalue weighted by Crippen LogP contribution is 2.06. The highest BCUT2D eigenvalue weighted by Gasteiger charge is 2.16. The molecule has 0 aliphatic rings. The normalized spacial score (nSPS) is 12.9. The van der Waals surface area contributed by atoms with Gasteiger partial charge in [-0.15, -0.1) is 0 Å². The van der Waals surface area contributed by atoms with Gasteiger partial charge in [-0.25, -0.2) is 0 Å². The van der Waals surface area contributed by atoms with Crippen molar-refractivity contribution in [2.45, 2.75) is 51.6 Å². The van der Waals surface area contributed by atoms with Gasteiger partial charge in [-0.2, -0.15) is 0 Å². The molecule has 0 aliphatic carbocycles. The topological polar surface area (TPSA) is 87.7 Å². The molecule has 0 radical (unpaired) electrons. The second-order valence-electron chi connectivity index (χ2n) is 4.97. The van der Waals surface area contributed by atoms with Crippen molar-refractivity contribution in [2.75, 3.05) is 7.11 Å². The highest BCUT2D eigenvalue weighted by molar-refractivity contribution is 5.82. The van der Waals surface area contributed by atoms with Gasteiger partial charge >= 0.3 is 5.97 Å². The van der Waals surface area contributed by atoms with Crippen molar-refractivity contribution in [2.24, 2.45) is 0 Å². The van der Waals surface area contributed by atoms with E-state index >= 15 is 0 Å². The highest BCUT2D eigenvalue weighted by atomic mass is 16.5. The lowest BCUT2D eigenvalue weighted by molar-refractivity contribution is -0.140. The minimum atomic E-state index is -0.491. The van der Waals surface area contributed by atoms with Crippen LogP contribution in [0.25, 0.3) is 0 Å². The predicted molar refractivity (Wildman–Crippen MR) is 81.6 cm³/mol. The average Bonchev–Trinajstić information content (AvgIpc) is 2.42. The summed E-state index contributed by atoms with van der Waals surface area (Å²) in [7, 11) is 1.37. The second kappa shape index (κ2) is 9.85. The van der Waals surface area contributed by atoms with E-state index in [1.807, 2.05) is 0 Å². The van der Waals surface area contributed by atoms with Crippen LogP contribution in [0.4, 0.5) is 0 Å². The van der Waals surface area contributed by atoms with Gasteiger partial charge in [-0.05, 0) is 33.1 Å². The van der Waals surface area contributed by atoms with Crippen molar-refractivity contribution in [3.05, 3.63) is 24.6 Å². The predicted octanol–water partition coefficient (Wildman–Crippen LogP) is 1.79. The third-order valence-corrected chi connectivity index (χ3v) is 3.01. The molecular weight excluding hydrogens is 272 g/mol. The number of rotatable bonds is 10. The molecule has 21 heavy (non-hydrogen) atoms. The lowest BCUT2D eigenvalue weighted by Crippen LogP contribution is -2.45. The fraction of sp³-hybridized carbons (Fsp3) is 0.600. The first-order valence-corrected chi connectivity index (χ1v) is 6.97. The SMILES string of the molecule is C=C(CCCCC(=O)OC)N[C@@H](C)C(=O)N[C@@H](C)C(=C)O. The van der Waals surface area contributed by atoms with E-state index in [-0.39, 0.29) is 17.6 Å². The van der Waals surface area contributed by atoms with Crippen molar-refractivity contribution < 1.29 is 19.4 Å². The first-order valence-electron chi connectivity index (χ1n) is 6.97. The Kier molecular flexibility index (Phi) is 8.92. The van der Waals surface area contributed by atoms with E-state index in [4.69, 9.17) is 5.11 Å². The molecule has 0 saturated carbocycles. The number of aliphatic hydroxyl groups excluding tert-OH is 1. The van der Waals surface area contributed by atoms with Gasteiger partial charge in [-0.1, -0.05) is 13.2 Å². The minimum absolute atomic E-state index is 0.0859. The molecule has 6 nitrogen and oxygen atoms in total. The number of amides is 1. The Labute approximate surface area is 126 Å². The number of nitrogens with one attached hydrogen (secondary N) is 2. The van der Waals surface area contributed by atoms with Crippen molar-refractivity contribution in [1.29, 1.82) is 0 Å². The van der Waals surface area contributed by atoms with Crippen LogP contribution in [0.5, 0.6) is 0 Å². The van der Waals surface area contributed by atoms with Crippen LogP contribution in [-0.2, 0) is 14.3 Å². The Balaban J connectivity index is 3.95. The Bertz CT molecular complexity index is 393. The summed E-state index contributed by atoms with van der Waals surface area (Å²) in [5, 5.41) is 14.8. The smallest absolute Gasteiger partial charge is 0.305 e. The molecule has 3 N–H and O–H groups in total. The van der Waals surface area contributed by atoms with Crippen molar-refractivity contribution in [1.82, 2.24) is 10.6 Å². The van der Waals surface area contributed by atoms with E-state index in [2.05, 4.69) is 28.5 Å². The van der Waals surface area contributed by atoms with Crippen LogP contribution in [0.2, 0.25) is 0 Å². The largest absolute Gasteiger partial charge is 0.511 e. The van der Waals surface area contributed by atoms with Crippen LogP contribution < -0.4 is 10.6 Å². The van der Waals surface area contributed by atoms with Crippen molar-refractivity contribution in [3.8, 4) is 0 Å². The van der Waals surface area contributed by atoms with Crippen LogP contribution in [0.15, 0.2) is 24.6 Å². The molecule has 0 spiro atoms. The number of methoxy groups -OCH3 is 1. The van der Waals surface area contributed by atoms with Gasteiger partial charge < -0.3 is 20.5 Å². The van der Waals surface area contributed by atoms with Crippen molar-refractivity contribution >= 4 is 11.9 Å². The average molecular weight is 298 g/mol. The third-order valence-electron chi connectivity index (χ3n) is 3.01. The van der Waals surface area contributed by atoms with Crippen LogP contribution in [0, 0.1) is 0 Å². The molecule has 0 aromatic rings. The van der Waals surface area contributed by atoms with Gasteiger partial charge in [0.15, 0.2) is 0 Å². The lowest BCUT2D eigenvalue weighted by atomic mass is 10.1. The van der Waals surface area contributed by atoms with Crippen molar-refractivity contribution in [3.63, 3.8) is 0 Å². The summed E-state index contributed by atoms with van der Waals surface area (Å²) < 4.78 is 4.55. The third kappa shape index (κ3) is 8.73. The summed E-state index contributed by atoms with van der Waals surface area (Å²) in [5.74, 6) is -0.551. The number of hydrogen-bond donors (Lipinski definition) is 3. The van der Waals surface area contributed by atoms with E-state index in [0.29, 0.717) is 12.8 Å². The summed E-state index contributed by atoms with van der Waals surface area (Å²) >= 11 is 0. The maximum Gasteiger partial charge on any atom is 0.305 e. The molecule has 0 unspecified atom stereocenters. The maximum absolute atomic E-state index is 11.8. The zero-order valence-corrected chi connectivity index (χ0v) is 13.1. The molecule has 120 valence electrons. The van der Waals surface area contributed by atoms with Gasteiger partial charge in [0.2, 0.25) is 5.91 Å². The molecule has 1 amide bonds. The monoisotopic (exact) mass is 298 g/mol. The van der Waals surface area contributed by atoms with Gasteiger partial charge in [0.25, 0.3) is 0 Å². The summed E-state index contributed by atoms with van der Waals surface area (Å²) in [6.45, 7) is 10.6. The molecule has 0 aliphatic heterocycles. The molecule has 0 saturated heterocycles. The Morgan fingerprint density at radius 1 is 1.10 bits per heavy atom. The lowest BCUT2D eigenvalue weighted by Gasteiger charge is -2.19. The zero-order valence-electron chi connectivity index (χ0n) is 13.1. The van der Waals surface area contributed by atoms with Gasteiger partial charge in [0.1, 0.15) is 11.8 Å². The minimum Gasteiger partial charge on any atom is -0.511 e. The van der Waals surface area contributed by atoms with E-state index in [1.54, 1.807) is 13.8 Å². The number of hydrogen-bond acceptors (Lipinski definition) is 5. The molecular formula is C15H26N2O4. The molecule has 0 rings (SSSR count). The number of aliphatic hydroxyl groups is 1. The number of allylic oxidation sites excluding steroid dienone is 1. The molecule has 2 atom stereocenters. The maximum atomic E-state index is 11.8. The molecule has 0 heterocycles. The van der Waals surface area contributed by atoms with Crippen LogP contribution in [0.1, 0.15) is 39.5 Å². The van der Waals surface area contributed by atoms with Crippen LogP contribution in [-0.4, -0.2) is 36.2 Å². The number of carbonyl (C=O) groups is 2. The summed E-state index contributed by atoms with van der Waals surface area (Å²) in [6, 6.07) is -0.949.